The normalized spacial score (nSPS) is 9.25. The van der Waals surface area contributed by atoms with E-state index in [0.717, 1.165) is 5.88 Å². The van der Waals surface area contributed by atoms with Crippen LogP contribution in [0.2, 0.25) is 0 Å². The summed E-state index contributed by atoms with van der Waals surface area (Å²) in [6, 6.07) is 6.00. The van der Waals surface area contributed by atoms with E-state index in [9.17, 15) is 0 Å². The van der Waals surface area contributed by atoms with Crippen molar-refractivity contribution < 1.29 is 4.68 Å². The van der Waals surface area contributed by atoms with E-state index in [1.807, 2.05) is 54.4 Å². The van der Waals surface area contributed by atoms with Crippen molar-refractivity contribution in [1.29, 1.82) is 0 Å². The van der Waals surface area contributed by atoms with E-state index in [0.29, 0.717) is 0 Å². The molecular weight excluding hydrogens is 220 g/mol. The van der Waals surface area contributed by atoms with Crippen LogP contribution in [0, 0.1) is 0 Å². The van der Waals surface area contributed by atoms with Gasteiger partial charge in [-0.1, -0.05) is 36.9 Å². The minimum Gasteiger partial charge on any atom is -0.187 e. The van der Waals surface area contributed by atoms with E-state index < -0.39 is 0 Å². The van der Waals surface area contributed by atoms with Gasteiger partial charge in [-0.25, -0.2) is 0 Å². The van der Waals surface area contributed by atoms with Gasteiger partial charge in [-0.2, -0.15) is 5.01 Å². The van der Waals surface area contributed by atoms with Gasteiger partial charge >= 0.3 is 0 Å². The summed E-state index contributed by atoms with van der Waals surface area (Å²) in [6.07, 6.45) is 9.14. The van der Waals surface area contributed by atoms with Crippen LogP contribution in [0.1, 0.15) is 32.6 Å². The number of pyridine rings is 1. The first-order valence-electron chi connectivity index (χ1n) is 5.92. The molecule has 0 saturated carbocycles. The molecule has 0 N–H and O–H groups in total. The summed E-state index contributed by atoms with van der Waals surface area (Å²) in [5.41, 5.74) is 0. The Morgan fingerprint density at radius 3 is 2.00 bits per heavy atom. The Morgan fingerprint density at radius 1 is 1.00 bits per heavy atom. The van der Waals surface area contributed by atoms with Crippen molar-refractivity contribution in [1.82, 2.24) is 0 Å². The molecule has 0 radical (unpaired) electrons. The monoisotopic (exact) mass is 243 g/mol. The number of halogens is 1. The maximum Gasteiger partial charge on any atom is 0.199 e. The third-order valence-corrected chi connectivity index (χ3v) is 2.42. The van der Waals surface area contributed by atoms with Crippen molar-refractivity contribution in [3.05, 3.63) is 30.6 Å². The smallest absolute Gasteiger partial charge is 0.187 e. The minimum absolute atomic E-state index is 0.833. The first-order valence-corrected chi connectivity index (χ1v) is 6.45. The minimum atomic E-state index is 0.833. The maximum absolute atomic E-state index is 5.44. The molecule has 0 unspecified atom stereocenters. The zero-order valence-corrected chi connectivity index (χ0v) is 11.5. The number of hydrogen-bond acceptors (Lipinski definition) is 1. The van der Waals surface area contributed by atoms with Gasteiger partial charge < -0.3 is 0 Å². The fourth-order valence-electron chi connectivity index (χ4n) is 1.18. The van der Waals surface area contributed by atoms with Gasteiger partial charge in [0.25, 0.3) is 0 Å². The fraction of sp³-hybridized carbons (Fsp3) is 0.615. The Labute approximate surface area is 105 Å². The lowest BCUT2D eigenvalue weighted by Gasteiger charge is -2.02. The topological polar surface area (TPSA) is 7.12 Å². The summed E-state index contributed by atoms with van der Waals surface area (Å²) in [7, 11) is 4.00. The Morgan fingerprint density at radius 2 is 1.62 bits per heavy atom. The van der Waals surface area contributed by atoms with Crippen LogP contribution in [0.4, 0.5) is 0 Å². The summed E-state index contributed by atoms with van der Waals surface area (Å²) in [4.78, 5) is 0. The number of rotatable bonds is 5. The first kappa shape index (κ1) is 15.2. The largest absolute Gasteiger partial charge is 0.199 e. The molecule has 16 heavy (non-hydrogen) atoms. The van der Waals surface area contributed by atoms with Gasteiger partial charge in [0.15, 0.2) is 12.4 Å². The van der Waals surface area contributed by atoms with E-state index in [4.69, 9.17) is 11.6 Å². The highest BCUT2D eigenvalue weighted by atomic mass is 35.5. The molecule has 2 nitrogen and oxygen atoms in total. The van der Waals surface area contributed by atoms with Crippen LogP contribution < -0.4 is 9.69 Å². The molecule has 0 aromatic carbocycles. The first-order chi connectivity index (χ1) is 7.72. The van der Waals surface area contributed by atoms with E-state index in [1.54, 1.807) is 0 Å². The lowest BCUT2D eigenvalue weighted by molar-refractivity contribution is -0.687. The molecule has 1 heterocycles. The molecule has 1 rings (SSSR count). The Bertz CT molecular complexity index is 233. The molecule has 0 spiro atoms. The standard InChI is InChI=1S/C7H11N2.C6H13Cl/c1-8(2)9-6-4-3-5-7-9;1-2-3-4-5-6-7/h3-7H,1-2H3;2-6H2,1H3/q+1;. The zero-order valence-electron chi connectivity index (χ0n) is 10.7. The van der Waals surface area contributed by atoms with E-state index in [2.05, 4.69) is 6.92 Å². The number of alkyl halides is 1. The second-order valence-corrected chi connectivity index (χ2v) is 4.23. The summed E-state index contributed by atoms with van der Waals surface area (Å²) < 4.78 is 2.00. The van der Waals surface area contributed by atoms with E-state index >= 15 is 0 Å². The number of nitrogens with zero attached hydrogens (tertiary/aromatic N) is 2. The highest BCUT2D eigenvalue weighted by Gasteiger charge is 1.95. The fourth-order valence-corrected chi connectivity index (χ4v) is 1.37. The average molecular weight is 244 g/mol. The van der Waals surface area contributed by atoms with Crippen molar-refractivity contribution in [3.8, 4) is 0 Å². The molecule has 1 aromatic rings. The molecule has 92 valence electrons. The van der Waals surface area contributed by atoms with Gasteiger partial charge in [-0.15, -0.1) is 11.6 Å². The highest BCUT2D eigenvalue weighted by molar-refractivity contribution is 6.17. The lowest BCUT2D eigenvalue weighted by atomic mass is 10.2. The van der Waals surface area contributed by atoms with Crippen LogP contribution in [0.15, 0.2) is 30.6 Å². The van der Waals surface area contributed by atoms with Crippen molar-refractivity contribution in [3.63, 3.8) is 0 Å². The van der Waals surface area contributed by atoms with Crippen molar-refractivity contribution in [2.24, 2.45) is 0 Å². The number of unbranched alkanes of at least 4 members (excludes halogenated alkanes) is 3. The molecule has 0 amide bonds. The van der Waals surface area contributed by atoms with E-state index in [-0.39, 0.29) is 0 Å². The summed E-state index contributed by atoms with van der Waals surface area (Å²) in [6.45, 7) is 2.20. The van der Waals surface area contributed by atoms with Crippen LogP contribution in [0.5, 0.6) is 0 Å². The highest BCUT2D eigenvalue weighted by Crippen LogP contribution is 1.98. The van der Waals surface area contributed by atoms with Gasteiger partial charge in [-0.3, -0.25) is 0 Å². The molecule has 0 atom stereocenters. The molecule has 0 saturated heterocycles. The molecule has 1 aromatic heterocycles. The lowest BCUT2D eigenvalue weighted by Crippen LogP contribution is -2.51. The van der Waals surface area contributed by atoms with Crippen molar-refractivity contribution in [2.45, 2.75) is 32.6 Å². The van der Waals surface area contributed by atoms with Gasteiger partial charge in [0.2, 0.25) is 0 Å². The Balaban J connectivity index is 0.000000293. The average Bonchev–Trinajstić information content (AvgIpc) is 2.32. The summed E-state index contributed by atoms with van der Waals surface area (Å²) >= 11 is 5.44. The molecule has 0 bridgehead atoms. The Kier molecular flexibility index (Phi) is 10.2. The summed E-state index contributed by atoms with van der Waals surface area (Å²) in [5.74, 6) is 0.833. The Hall–Kier alpha value is -0.760. The quantitative estimate of drug-likeness (QED) is 0.438. The van der Waals surface area contributed by atoms with Crippen molar-refractivity contribution in [2.75, 3.05) is 25.0 Å². The van der Waals surface area contributed by atoms with Crippen LogP contribution in [0.25, 0.3) is 0 Å². The third-order valence-electron chi connectivity index (χ3n) is 2.15. The van der Waals surface area contributed by atoms with Crippen LogP contribution >= 0.6 is 11.6 Å². The van der Waals surface area contributed by atoms with Gasteiger partial charge in [0.05, 0.1) is 14.1 Å². The summed E-state index contributed by atoms with van der Waals surface area (Å²) in [5, 5.41) is 2.00. The predicted molar refractivity (Wildman–Crippen MR) is 71.6 cm³/mol. The van der Waals surface area contributed by atoms with Crippen LogP contribution in [-0.4, -0.2) is 20.0 Å². The molecule has 0 aliphatic heterocycles. The van der Waals surface area contributed by atoms with Crippen LogP contribution in [-0.2, 0) is 0 Å². The van der Waals surface area contributed by atoms with Crippen molar-refractivity contribution >= 4 is 11.6 Å². The molecular formula is C13H24ClN2+. The molecule has 0 fully saturated rings. The van der Waals surface area contributed by atoms with Crippen LogP contribution in [0.3, 0.4) is 0 Å². The molecule has 0 aliphatic carbocycles. The second-order valence-electron chi connectivity index (χ2n) is 3.85. The predicted octanol–water partition coefficient (Wildman–Crippen LogP) is 2.98. The maximum atomic E-state index is 5.44. The number of aromatic nitrogens is 1. The van der Waals surface area contributed by atoms with Gasteiger partial charge in [0.1, 0.15) is 0 Å². The second kappa shape index (κ2) is 10.7. The van der Waals surface area contributed by atoms with Gasteiger partial charge in [0, 0.05) is 18.0 Å². The molecule has 0 aliphatic rings. The zero-order chi connectivity index (χ0) is 12.2. The number of hydrogen-bond donors (Lipinski definition) is 0. The SMILES string of the molecule is CCCCCCCl.CN(C)[n+]1ccccc1. The molecule has 3 heteroatoms. The van der Waals surface area contributed by atoms with E-state index in [1.165, 1.54) is 25.7 Å². The third kappa shape index (κ3) is 8.54. The van der Waals surface area contributed by atoms with Gasteiger partial charge in [-0.05, 0) is 6.42 Å².